The molecule has 1 aliphatic rings. The molecule has 0 spiro atoms. The minimum atomic E-state index is -4.57. The smallest absolute Gasteiger partial charge is 0.351 e. The molecule has 0 unspecified atom stereocenters. The largest absolute Gasteiger partial charge is 0.436 e. The standard InChI is InChI=1S/C16H19ClF3N5O/c1-2-24-11(6-8-22-24)15(26)21-7-3-9-25-13(10-4-5-10)12(17)14(23-25)16(18,19)20/h6,8,10H,2-5,7,9H2,1H3,(H,21,26). The Labute approximate surface area is 153 Å². The minimum Gasteiger partial charge on any atom is -0.351 e. The summed E-state index contributed by atoms with van der Waals surface area (Å²) in [7, 11) is 0. The van der Waals surface area contributed by atoms with Crippen LogP contribution in [0.1, 0.15) is 54.0 Å². The highest BCUT2D eigenvalue weighted by atomic mass is 35.5. The van der Waals surface area contributed by atoms with E-state index in [-0.39, 0.29) is 23.4 Å². The number of hydrogen-bond donors (Lipinski definition) is 1. The van der Waals surface area contributed by atoms with Crippen molar-refractivity contribution >= 4 is 17.5 Å². The van der Waals surface area contributed by atoms with Gasteiger partial charge < -0.3 is 5.32 Å². The quantitative estimate of drug-likeness (QED) is 0.737. The van der Waals surface area contributed by atoms with Gasteiger partial charge in [-0.1, -0.05) is 11.6 Å². The molecule has 26 heavy (non-hydrogen) atoms. The van der Waals surface area contributed by atoms with E-state index in [1.807, 2.05) is 6.92 Å². The molecule has 0 atom stereocenters. The third-order valence-electron chi connectivity index (χ3n) is 4.25. The van der Waals surface area contributed by atoms with Crippen LogP contribution in [0.2, 0.25) is 5.02 Å². The van der Waals surface area contributed by atoms with E-state index in [4.69, 9.17) is 11.6 Å². The number of alkyl halides is 3. The van der Waals surface area contributed by atoms with Crippen molar-refractivity contribution in [2.45, 2.75) is 51.4 Å². The first-order chi connectivity index (χ1) is 12.3. The number of carbonyl (C=O) groups is 1. The van der Waals surface area contributed by atoms with E-state index < -0.39 is 11.9 Å². The van der Waals surface area contributed by atoms with Crippen LogP contribution in [0.15, 0.2) is 12.3 Å². The van der Waals surface area contributed by atoms with Gasteiger partial charge in [-0.15, -0.1) is 0 Å². The Hall–Kier alpha value is -2.03. The number of aromatic nitrogens is 4. The second-order valence-electron chi connectivity index (χ2n) is 6.18. The number of halogens is 4. The molecule has 1 fully saturated rings. The predicted octanol–water partition coefficient (Wildman–Crippen LogP) is 3.47. The normalized spacial score (nSPS) is 14.7. The molecule has 2 aromatic heterocycles. The van der Waals surface area contributed by atoms with Crippen LogP contribution >= 0.6 is 11.6 Å². The Kier molecular flexibility index (Phi) is 5.27. The van der Waals surface area contributed by atoms with Crippen molar-refractivity contribution in [3.05, 3.63) is 34.4 Å². The second kappa shape index (κ2) is 7.30. The average Bonchev–Trinajstić information content (AvgIpc) is 3.18. The first-order valence-corrected chi connectivity index (χ1v) is 8.84. The van der Waals surface area contributed by atoms with Gasteiger partial charge in [0.25, 0.3) is 5.91 Å². The van der Waals surface area contributed by atoms with Gasteiger partial charge in [-0.25, -0.2) is 0 Å². The lowest BCUT2D eigenvalue weighted by molar-refractivity contribution is -0.141. The van der Waals surface area contributed by atoms with E-state index in [0.29, 0.717) is 30.9 Å². The third-order valence-corrected chi connectivity index (χ3v) is 4.62. The first kappa shape index (κ1) is 18.8. The summed E-state index contributed by atoms with van der Waals surface area (Å²) < 4.78 is 42.0. The molecule has 2 aromatic rings. The molecule has 1 N–H and O–H groups in total. The van der Waals surface area contributed by atoms with Crippen LogP contribution in [-0.4, -0.2) is 32.0 Å². The first-order valence-electron chi connectivity index (χ1n) is 8.46. The van der Waals surface area contributed by atoms with Crippen LogP contribution in [0.25, 0.3) is 0 Å². The maximum absolute atomic E-state index is 13.0. The van der Waals surface area contributed by atoms with Gasteiger partial charge in [0.05, 0.1) is 10.7 Å². The number of hydrogen-bond acceptors (Lipinski definition) is 3. The molecule has 3 rings (SSSR count). The summed E-state index contributed by atoms with van der Waals surface area (Å²) in [5.41, 5.74) is -0.126. The molecule has 10 heteroatoms. The van der Waals surface area contributed by atoms with Gasteiger partial charge in [0.2, 0.25) is 0 Å². The van der Waals surface area contributed by atoms with Crippen LogP contribution in [0, 0.1) is 0 Å². The van der Waals surface area contributed by atoms with Crippen molar-refractivity contribution in [1.82, 2.24) is 24.9 Å². The molecule has 1 aliphatic carbocycles. The highest BCUT2D eigenvalue weighted by Gasteiger charge is 2.41. The van der Waals surface area contributed by atoms with Gasteiger partial charge in [0, 0.05) is 31.7 Å². The van der Waals surface area contributed by atoms with Crippen molar-refractivity contribution in [1.29, 1.82) is 0 Å². The minimum absolute atomic E-state index is 0.0413. The fourth-order valence-corrected chi connectivity index (χ4v) is 3.25. The Morgan fingerprint density at radius 3 is 2.73 bits per heavy atom. The molecule has 6 nitrogen and oxygen atoms in total. The van der Waals surface area contributed by atoms with E-state index >= 15 is 0 Å². The lowest BCUT2D eigenvalue weighted by atomic mass is 10.2. The van der Waals surface area contributed by atoms with Gasteiger partial charge in [0.15, 0.2) is 5.69 Å². The molecule has 0 radical (unpaired) electrons. The number of rotatable bonds is 7. The van der Waals surface area contributed by atoms with Crippen molar-refractivity contribution in [3.8, 4) is 0 Å². The lowest BCUT2D eigenvalue weighted by Gasteiger charge is -2.09. The van der Waals surface area contributed by atoms with Gasteiger partial charge in [-0.05, 0) is 32.3 Å². The highest BCUT2D eigenvalue weighted by molar-refractivity contribution is 6.32. The zero-order valence-corrected chi connectivity index (χ0v) is 14.9. The fourth-order valence-electron chi connectivity index (χ4n) is 2.85. The topological polar surface area (TPSA) is 64.7 Å². The number of nitrogens with one attached hydrogen (secondary N) is 1. The Bertz CT molecular complexity index is 794. The van der Waals surface area contributed by atoms with Crippen LogP contribution in [0.5, 0.6) is 0 Å². The van der Waals surface area contributed by atoms with Crippen LogP contribution in [0.3, 0.4) is 0 Å². The van der Waals surface area contributed by atoms with E-state index in [1.165, 1.54) is 4.68 Å². The zero-order valence-electron chi connectivity index (χ0n) is 14.2. The van der Waals surface area contributed by atoms with Crippen LogP contribution in [0.4, 0.5) is 13.2 Å². The molecule has 0 aliphatic heterocycles. The molecular formula is C16H19ClF3N5O. The second-order valence-corrected chi connectivity index (χ2v) is 6.56. The maximum atomic E-state index is 13.0. The summed E-state index contributed by atoms with van der Waals surface area (Å²) in [6, 6.07) is 1.62. The number of carbonyl (C=O) groups excluding carboxylic acids is 1. The van der Waals surface area contributed by atoms with Crippen LogP contribution < -0.4 is 5.32 Å². The summed E-state index contributed by atoms with van der Waals surface area (Å²) >= 11 is 5.93. The number of aryl methyl sites for hydroxylation is 2. The van der Waals surface area contributed by atoms with E-state index in [9.17, 15) is 18.0 Å². The van der Waals surface area contributed by atoms with Gasteiger partial charge in [-0.2, -0.15) is 23.4 Å². The maximum Gasteiger partial charge on any atom is 0.436 e. The van der Waals surface area contributed by atoms with Gasteiger partial charge >= 0.3 is 6.18 Å². The van der Waals surface area contributed by atoms with Gasteiger partial charge in [-0.3, -0.25) is 14.2 Å². The molecule has 0 saturated heterocycles. The average molecular weight is 390 g/mol. The summed E-state index contributed by atoms with van der Waals surface area (Å²) in [5.74, 6) is -0.221. The lowest BCUT2D eigenvalue weighted by Crippen LogP contribution is -2.27. The SMILES string of the molecule is CCn1nccc1C(=O)NCCCn1nc(C(F)(F)F)c(Cl)c1C1CC1. The number of nitrogens with zero attached hydrogens (tertiary/aromatic N) is 4. The summed E-state index contributed by atoms with van der Waals surface area (Å²) in [6.07, 6.45) is -0.939. The fraction of sp³-hybridized carbons (Fsp3) is 0.562. The van der Waals surface area contributed by atoms with E-state index in [2.05, 4.69) is 15.5 Å². The zero-order chi connectivity index (χ0) is 18.9. The van der Waals surface area contributed by atoms with Crippen LogP contribution in [-0.2, 0) is 19.3 Å². The highest BCUT2D eigenvalue weighted by Crippen LogP contribution is 2.46. The summed E-state index contributed by atoms with van der Waals surface area (Å²) in [5, 5.41) is 10.1. The molecular weight excluding hydrogens is 371 g/mol. The molecule has 142 valence electrons. The Morgan fingerprint density at radius 1 is 1.38 bits per heavy atom. The van der Waals surface area contributed by atoms with Gasteiger partial charge in [0.1, 0.15) is 5.69 Å². The number of amides is 1. The summed E-state index contributed by atoms with van der Waals surface area (Å²) in [6.45, 7) is 3.03. The molecule has 0 bridgehead atoms. The predicted molar refractivity (Wildman–Crippen MR) is 89.1 cm³/mol. The monoisotopic (exact) mass is 389 g/mol. The van der Waals surface area contributed by atoms with Crippen molar-refractivity contribution < 1.29 is 18.0 Å². The van der Waals surface area contributed by atoms with Crippen molar-refractivity contribution in [2.24, 2.45) is 0 Å². The summed E-state index contributed by atoms with van der Waals surface area (Å²) in [4.78, 5) is 12.1. The Balaban J connectivity index is 1.61. The Morgan fingerprint density at radius 2 is 2.12 bits per heavy atom. The van der Waals surface area contributed by atoms with E-state index in [0.717, 1.165) is 12.8 Å². The third kappa shape index (κ3) is 3.87. The van der Waals surface area contributed by atoms with E-state index in [1.54, 1.807) is 16.9 Å². The van der Waals surface area contributed by atoms with Crippen molar-refractivity contribution in [2.75, 3.05) is 6.54 Å². The molecule has 0 aromatic carbocycles. The molecule has 1 saturated carbocycles. The molecule has 1 amide bonds. The molecule has 2 heterocycles. The van der Waals surface area contributed by atoms with Crippen molar-refractivity contribution in [3.63, 3.8) is 0 Å².